The molecule has 0 aromatic heterocycles. The minimum Gasteiger partial charge on any atom is -0.379 e. The van der Waals surface area contributed by atoms with Crippen LogP contribution >= 0.6 is 0 Å². The van der Waals surface area contributed by atoms with Crippen LogP contribution in [0.3, 0.4) is 0 Å². The Kier molecular flexibility index (Phi) is 3.56. The van der Waals surface area contributed by atoms with E-state index >= 15 is 0 Å². The lowest BCUT2D eigenvalue weighted by Gasteiger charge is -2.25. The number of carbonyl (C=O) groups is 1. The van der Waals surface area contributed by atoms with Crippen LogP contribution in [0.5, 0.6) is 0 Å². The Morgan fingerprint density at radius 3 is 2.73 bits per heavy atom. The normalized spacial score (nSPS) is 36.5. The van der Waals surface area contributed by atoms with Crippen molar-refractivity contribution < 1.29 is 14.3 Å². The molecule has 3 N–H and O–H groups in total. The fourth-order valence-corrected chi connectivity index (χ4v) is 2.00. The summed E-state index contributed by atoms with van der Waals surface area (Å²) in [5, 5.41) is 2.97. The van der Waals surface area contributed by atoms with Crippen molar-refractivity contribution in [2.24, 2.45) is 11.7 Å². The van der Waals surface area contributed by atoms with Gasteiger partial charge in [-0.1, -0.05) is 0 Å². The lowest BCUT2D eigenvalue weighted by atomic mass is 10.0. The van der Waals surface area contributed by atoms with Crippen LogP contribution in [0, 0.1) is 5.92 Å². The smallest absolute Gasteiger partial charge is 0.227 e. The van der Waals surface area contributed by atoms with Gasteiger partial charge >= 0.3 is 0 Å². The number of nitrogens with one attached hydrogen (secondary N) is 1. The van der Waals surface area contributed by atoms with Gasteiger partial charge in [0.1, 0.15) is 0 Å². The van der Waals surface area contributed by atoms with Crippen molar-refractivity contribution in [2.45, 2.75) is 24.9 Å². The summed E-state index contributed by atoms with van der Waals surface area (Å²) in [5.41, 5.74) is 5.77. The number of ether oxygens (including phenoxy) is 2. The third kappa shape index (κ3) is 2.68. The van der Waals surface area contributed by atoms with Gasteiger partial charge in [0.2, 0.25) is 5.91 Å². The van der Waals surface area contributed by atoms with E-state index in [2.05, 4.69) is 5.32 Å². The Hall–Kier alpha value is -0.650. The number of hydrogen-bond acceptors (Lipinski definition) is 4. The number of amides is 1. The summed E-state index contributed by atoms with van der Waals surface area (Å²) >= 11 is 0. The zero-order valence-corrected chi connectivity index (χ0v) is 8.78. The maximum atomic E-state index is 11.8. The van der Waals surface area contributed by atoms with Crippen molar-refractivity contribution in [1.29, 1.82) is 0 Å². The van der Waals surface area contributed by atoms with Crippen LogP contribution in [0.25, 0.3) is 0 Å². The zero-order valence-electron chi connectivity index (χ0n) is 8.78. The van der Waals surface area contributed by atoms with Crippen molar-refractivity contribution in [2.75, 3.05) is 26.4 Å². The summed E-state index contributed by atoms with van der Waals surface area (Å²) in [5.74, 6) is -0.178. The van der Waals surface area contributed by atoms with Gasteiger partial charge in [0, 0.05) is 12.6 Å². The molecule has 3 atom stereocenters. The molecule has 2 rings (SSSR count). The Bertz CT molecular complexity index is 229. The second-order valence-corrected chi connectivity index (χ2v) is 4.23. The molecule has 86 valence electrons. The van der Waals surface area contributed by atoms with E-state index in [1.54, 1.807) is 0 Å². The van der Waals surface area contributed by atoms with Gasteiger partial charge in [0.25, 0.3) is 0 Å². The molecule has 0 radical (unpaired) electrons. The summed E-state index contributed by atoms with van der Waals surface area (Å²) < 4.78 is 10.5. The molecule has 1 amide bonds. The maximum absolute atomic E-state index is 11.8. The average Bonchev–Trinajstić information content (AvgIpc) is 2.66. The van der Waals surface area contributed by atoms with E-state index in [1.165, 1.54) is 0 Å². The molecular formula is C10H18N2O3. The molecule has 0 aromatic rings. The van der Waals surface area contributed by atoms with Crippen LogP contribution in [0.15, 0.2) is 0 Å². The highest BCUT2D eigenvalue weighted by Crippen LogP contribution is 2.13. The first-order valence-corrected chi connectivity index (χ1v) is 5.49. The van der Waals surface area contributed by atoms with Gasteiger partial charge < -0.3 is 20.5 Å². The Labute approximate surface area is 89.3 Å². The van der Waals surface area contributed by atoms with E-state index < -0.39 is 0 Å². The monoisotopic (exact) mass is 214 g/mol. The van der Waals surface area contributed by atoms with Crippen molar-refractivity contribution >= 4 is 5.91 Å². The Morgan fingerprint density at radius 2 is 2.13 bits per heavy atom. The van der Waals surface area contributed by atoms with Crippen molar-refractivity contribution in [3.05, 3.63) is 0 Å². The molecule has 5 nitrogen and oxygen atoms in total. The first-order chi connectivity index (χ1) is 7.27. The van der Waals surface area contributed by atoms with E-state index in [0.29, 0.717) is 19.8 Å². The molecule has 15 heavy (non-hydrogen) atoms. The van der Waals surface area contributed by atoms with E-state index in [-0.39, 0.29) is 23.9 Å². The molecule has 2 fully saturated rings. The molecule has 0 spiro atoms. The summed E-state index contributed by atoms with van der Waals surface area (Å²) in [6.07, 6.45) is 2.01. The van der Waals surface area contributed by atoms with Crippen LogP contribution in [-0.2, 0) is 14.3 Å². The van der Waals surface area contributed by atoms with Crippen LogP contribution in [0.1, 0.15) is 12.8 Å². The average molecular weight is 214 g/mol. The molecule has 2 saturated heterocycles. The third-order valence-corrected chi connectivity index (χ3v) is 2.97. The molecular weight excluding hydrogens is 196 g/mol. The van der Waals surface area contributed by atoms with E-state index in [0.717, 1.165) is 19.4 Å². The van der Waals surface area contributed by atoms with Crippen molar-refractivity contribution in [3.63, 3.8) is 0 Å². The predicted octanol–water partition coefficient (Wildman–Crippen LogP) is -0.745. The van der Waals surface area contributed by atoms with Crippen molar-refractivity contribution in [1.82, 2.24) is 5.32 Å². The molecule has 0 bridgehead atoms. The van der Waals surface area contributed by atoms with Crippen LogP contribution in [0.4, 0.5) is 0 Å². The molecule has 0 saturated carbocycles. The van der Waals surface area contributed by atoms with Crippen LogP contribution in [-0.4, -0.2) is 44.4 Å². The van der Waals surface area contributed by atoms with Gasteiger partial charge in [-0.15, -0.1) is 0 Å². The van der Waals surface area contributed by atoms with Crippen LogP contribution in [0.2, 0.25) is 0 Å². The van der Waals surface area contributed by atoms with E-state index in [1.807, 2.05) is 0 Å². The molecule has 2 aliphatic rings. The topological polar surface area (TPSA) is 73.6 Å². The molecule has 3 unspecified atom stereocenters. The predicted molar refractivity (Wildman–Crippen MR) is 54.3 cm³/mol. The molecule has 2 aliphatic heterocycles. The zero-order chi connectivity index (χ0) is 10.7. The maximum Gasteiger partial charge on any atom is 0.227 e. The van der Waals surface area contributed by atoms with Crippen molar-refractivity contribution in [3.8, 4) is 0 Å². The van der Waals surface area contributed by atoms with Crippen LogP contribution < -0.4 is 11.1 Å². The summed E-state index contributed by atoms with van der Waals surface area (Å²) in [4.78, 5) is 11.8. The largest absolute Gasteiger partial charge is 0.379 e. The second kappa shape index (κ2) is 4.92. The molecule has 0 aliphatic carbocycles. The highest BCUT2D eigenvalue weighted by molar-refractivity contribution is 5.80. The number of carbonyl (C=O) groups excluding carboxylic acids is 1. The second-order valence-electron chi connectivity index (χ2n) is 4.23. The SMILES string of the molecule is NC1COCC1C(=O)NC1CCCOC1. The van der Waals surface area contributed by atoms with Gasteiger partial charge in [-0.25, -0.2) is 0 Å². The Balaban J connectivity index is 1.80. The fourth-order valence-electron chi connectivity index (χ4n) is 2.00. The summed E-state index contributed by atoms with van der Waals surface area (Å²) in [6.45, 7) is 2.35. The number of rotatable bonds is 2. The Morgan fingerprint density at radius 1 is 1.27 bits per heavy atom. The molecule has 5 heteroatoms. The van der Waals surface area contributed by atoms with Gasteiger partial charge in [0.05, 0.1) is 31.8 Å². The van der Waals surface area contributed by atoms with Gasteiger partial charge in [-0.05, 0) is 12.8 Å². The standard InChI is InChI=1S/C10H18N2O3/c11-9-6-15-5-8(9)10(13)12-7-2-1-3-14-4-7/h7-9H,1-6,11H2,(H,12,13). The summed E-state index contributed by atoms with van der Waals surface area (Å²) in [7, 11) is 0. The fraction of sp³-hybridized carbons (Fsp3) is 0.900. The van der Waals surface area contributed by atoms with E-state index in [4.69, 9.17) is 15.2 Å². The summed E-state index contributed by atoms with van der Waals surface area (Å²) in [6, 6.07) is -0.00596. The number of nitrogens with two attached hydrogens (primary N) is 1. The minimum absolute atomic E-state index is 0.00972. The lowest BCUT2D eigenvalue weighted by molar-refractivity contribution is -0.126. The van der Waals surface area contributed by atoms with Gasteiger partial charge in [-0.2, -0.15) is 0 Å². The van der Waals surface area contributed by atoms with Gasteiger partial charge in [0.15, 0.2) is 0 Å². The van der Waals surface area contributed by atoms with E-state index in [9.17, 15) is 4.79 Å². The van der Waals surface area contributed by atoms with Gasteiger partial charge in [-0.3, -0.25) is 4.79 Å². The number of hydrogen-bond donors (Lipinski definition) is 2. The molecule has 0 aromatic carbocycles. The quantitative estimate of drug-likeness (QED) is 0.634. The highest BCUT2D eigenvalue weighted by atomic mass is 16.5. The first-order valence-electron chi connectivity index (χ1n) is 5.49. The third-order valence-electron chi connectivity index (χ3n) is 2.97. The lowest BCUT2D eigenvalue weighted by Crippen LogP contribution is -2.47. The molecule has 2 heterocycles. The highest BCUT2D eigenvalue weighted by Gasteiger charge is 2.32. The first kappa shape index (κ1) is 10.9. The minimum atomic E-state index is -0.188.